The van der Waals surface area contributed by atoms with Gasteiger partial charge in [-0.1, -0.05) is 51.1 Å². The minimum Gasteiger partial charge on any atom is -0.487 e. The molecular formula is C28H30N2O4. The van der Waals surface area contributed by atoms with Gasteiger partial charge in [-0.15, -0.1) is 0 Å². The number of carbonyl (C=O) groups is 1. The van der Waals surface area contributed by atoms with Gasteiger partial charge < -0.3 is 14.2 Å². The van der Waals surface area contributed by atoms with Crippen molar-refractivity contribution in [2.75, 3.05) is 13.7 Å². The summed E-state index contributed by atoms with van der Waals surface area (Å²) in [6.07, 6.45) is 1.77. The number of esters is 1. The van der Waals surface area contributed by atoms with Gasteiger partial charge in [0.05, 0.1) is 12.8 Å². The Balaban J connectivity index is 1.52. The first-order chi connectivity index (χ1) is 16.4. The van der Waals surface area contributed by atoms with Gasteiger partial charge in [-0.05, 0) is 53.4 Å². The molecule has 0 amide bonds. The summed E-state index contributed by atoms with van der Waals surface area (Å²) in [5.41, 5.74) is 3.94. The van der Waals surface area contributed by atoms with Crippen LogP contribution >= 0.6 is 0 Å². The lowest BCUT2D eigenvalue weighted by molar-refractivity contribution is -0.142. The average Bonchev–Trinajstić information content (AvgIpc) is 3.38. The Morgan fingerprint density at radius 2 is 1.74 bits per heavy atom. The highest BCUT2D eigenvalue weighted by Crippen LogP contribution is 2.39. The second-order valence-corrected chi connectivity index (χ2v) is 8.85. The highest BCUT2D eigenvalue weighted by Gasteiger charge is 2.33. The van der Waals surface area contributed by atoms with Crippen LogP contribution in [-0.2, 0) is 26.3 Å². The van der Waals surface area contributed by atoms with Gasteiger partial charge in [-0.3, -0.25) is 4.98 Å². The lowest BCUT2D eigenvalue weighted by atomic mass is 9.68. The minimum atomic E-state index is -0.598. The molecule has 1 aliphatic rings. The second kappa shape index (κ2) is 10.1. The smallest absolute Gasteiger partial charge is 0.334 e. The summed E-state index contributed by atoms with van der Waals surface area (Å²) < 4.78 is 16.3. The molecule has 2 heterocycles. The Kier molecular flexibility index (Phi) is 6.96. The number of aromatic nitrogens is 1. The van der Waals surface area contributed by atoms with Gasteiger partial charge in [0.1, 0.15) is 19.0 Å². The molecule has 1 unspecified atom stereocenters. The van der Waals surface area contributed by atoms with E-state index in [1.54, 1.807) is 6.20 Å². The van der Waals surface area contributed by atoms with E-state index in [0.717, 1.165) is 17.0 Å². The number of aliphatic imine (C=N–C) groups is 1. The van der Waals surface area contributed by atoms with Crippen LogP contribution in [0.3, 0.4) is 0 Å². The number of hydrogen-bond acceptors (Lipinski definition) is 6. The predicted octanol–water partition coefficient (Wildman–Crippen LogP) is 4.94. The van der Waals surface area contributed by atoms with Crippen LogP contribution in [0, 0.1) is 5.92 Å². The van der Waals surface area contributed by atoms with Crippen LogP contribution < -0.4 is 4.74 Å². The second-order valence-electron chi connectivity index (χ2n) is 8.85. The molecule has 0 aliphatic carbocycles. The molecule has 4 rings (SSSR count). The zero-order valence-electron chi connectivity index (χ0n) is 20.0. The number of hydrogen-bond donors (Lipinski definition) is 0. The fraction of sp³-hybridized carbons (Fsp3) is 0.321. The van der Waals surface area contributed by atoms with E-state index in [1.807, 2.05) is 42.5 Å². The van der Waals surface area contributed by atoms with E-state index in [-0.39, 0.29) is 18.0 Å². The number of benzene rings is 2. The fourth-order valence-corrected chi connectivity index (χ4v) is 4.12. The van der Waals surface area contributed by atoms with Crippen molar-refractivity contribution in [3.63, 3.8) is 0 Å². The third kappa shape index (κ3) is 4.81. The molecule has 1 aromatic heterocycles. The van der Waals surface area contributed by atoms with E-state index in [1.165, 1.54) is 18.2 Å². The SMILES string of the molecule is COC(=O)[C@H]1COC(c2ccc(C(C)(c3ccc(OCc4ccccn4)cc3)C(C)C)cc2)=N1. The quantitative estimate of drug-likeness (QED) is 0.447. The van der Waals surface area contributed by atoms with Crippen LogP contribution in [0.15, 0.2) is 77.9 Å². The fourth-order valence-electron chi connectivity index (χ4n) is 4.12. The summed E-state index contributed by atoms with van der Waals surface area (Å²) in [4.78, 5) is 20.4. The number of ether oxygens (including phenoxy) is 3. The van der Waals surface area contributed by atoms with Crippen molar-refractivity contribution in [2.45, 2.75) is 38.8 Å². The van der Waals surface area contributed by atoms with Gasteiger partial charge in [-0.25, -0.2) is 9.79 Å². The van der Waals surface area contributed by atoms with Gasteiger partial charge in [0.15, 0.2) is 6.04 Å². The molecule has 0 saturated carbocycles. The van der Waals surface area contributed by atoms with Crippen molar-refractivity contribution in [1.29, 1.82) is 0 Å². The summed E-state index contributed by atoms with van der Waals surface area (Å²) in [6, 6.07) is 21.7. The van der Waals surface area contributed by atoms with Crippen molar-refractivity contribution >= 4 is 11.9 Å². The number of carbonyl (C=O) groups excluding carboxylic acids is 1. The Hall–Kier alpha value is -3.67. The number of nitrogens with zero attached hydrogens (tertiary/aromatic N) is 2. The molecule has 176 valence electrons. The first kappa shape index (κ1) is 23.5. The van der Waals surface area contributed by atoms with E-state index in [2.05, 4.69) is 55.0 Å². The Labute approximate surface area is 200 Å². The molecule has 6 heteroatoms. The molecule has 3 aromatic rings. The van der Waals surface area contributed by atoms with E-state index in [0.29, 0.717) is 18.4 Å². The van der Waals surface area contributed by atoms with Crippen LogP contribution in [0.1, 0.15) is 43.2 Å². The molecule has 6 nitrogen and oxygen atoms in total. The topological polar surface area (TPSA) is 70.0 Å². The molecule has 0 spiro atoms. The third-order valence-corrected chi connectivity index (χ3v) is 6.58. The number of pyridine rings is 1. The number of rotatable bonds is 8. The maximum Gasteiger partial charge on any atom is 0.334 e. The highest BCUT2D eigenvalue weighted by molar-refractivity contribution is 5.97. The number of methoxy groups -OCH3 is 1. The molecule has 0 bridgehead atoms. The summed E-state index contributed by atoms with van der Waals surface area (Å²) in [5, 5.41) is 0. The monoisotopic (exact) mass is 458 g/mol. The van der Waals surface area contributed by atoms with Crippen molar-refractivity contribution in [1.82, 2.24) is 4.98 Å². The zero-order valence-corrected chi connectivity index (χ0v) is 20.0. The normalized spacial score (nSPS) is 17.0. The van der Waals surface area contributed by atoms with Crippen molar-refractivity contribution < 1.29 is 19.0 Å². The van der Waals surface area contributed by atoms with Crippen LogP contribution in [0.5, 0.6) is 5.75 Å². The summed E-state index contributed by atoms with van der Waals surface area (Å²) in [7, 11) is 1.36. The molecule has 2 atom stereocenters. The van der Waals surface area contributed by atoms with Crippen LogP contribution in [0.4, 0.5) is 0 Å². The maximum atomic E-state index is 11.7. The van der Waals surface area contributed by atoms with E-state index in [4.69, 9.17) is 14.2 Å². The molecule has 2 aromatic carbocycles. The molecular weight excluding hydrogens is 428 g/mol. The Morgan fingerprint density at radius 3 is 2.32 bits per heavy atom. The van der Waals surface area contributed by atoms with Crippen molar-refractivity contribution in [3.05, 3.63) is 95.3 Å². The molecule has 34 heavy (non-hydrogen) atoms. The summed E-state index contributed by atoms with van der Waals surface area (Å²) in [5.74, 6) is 1.25. The first-order valence-electron chi connectivity index (χ1n) is 11.4. The predicted molar refractivity (Wildman–Crippen MR) is 131 cm³/mol. The summed E-state index contributed by atoms with van der Waals surface area (Å²) in [6.45, 7) is 7.36. The molecule has 0 N–H and O–H groups in total. The standard InChI is InChI=1S/C28H30N2O4/c1-19(2)28(3,22-12-14-24(15-13-22)33-17-23-7-5-6-16-29-23)21-10-8-20(9-11-21)26-30-25(18-34-26)27(31)32-4/h5-16,19,25H,17-18H2,1-4H3/t25-,28?/m1/s1. The van der Waals surface area contributed by atoms with E-state index in [9.17, 15) is 4.79 Å². The van der Waals surface area contributed by atoms with Gasteiger partial charge in [0.2, 0.25) is 5.90 Å². The van der Waals surface area contributed by atoms with Crippen molar-refractivity contribution in [3.8, 4) is 5.75 Å². The van der Waals surface area contributed by atoms with Gasteiger partial charge in [0.25, 0.3) is 0 Å². The Morgan fingerprint density at radius 1 is 1.06 bits per heavy atom. The van der Waals surface area contributed by atoms with Crippen molar-refractivity contribution in [2.24, 2.45) is 10.9 Å². The van der Waals surface area contributed by atoms with E-state index >= 15 is 0 Å². The molecule has 0 radical (unpaired) electrons. The summed E-state index contributed by atoms with van der Waals surface area (Å²) >= 11 is 0. The lowest BCUT2D eigenvalue weighted by Gasteiger charge is -2.35. The highest BCUT2D eigenvalue weighted by atomic mass is 16.5. The van der Waals surface area contributed by atoms with Gasteiger partial charge in [0, 0.05) is 17.2 Å². The van der Waals surface area contributed by atoms with Gasteiger partial charge in [-0.2, -0.15) is 0 Å². The van der Waals surface area contributed by atoms with Crippen LogP contribution in [-0.4, -0.2) is 36.6 Å². The molecule has 0 saturated heterocycles. The van der Waals surface area contributed by atoms with E-state index < -0.39 is 6.04 Å². The average molecular weight is 459 g/mol. The Bertz CT molecular complexity index is 1140. The van der Waals surface area contributed by atoms with Crippen LogP contribution in [0.2, 0.25) is 0 Å². The molecule has 0 fully saturated rings. The largest absolute Gasteiger partial charge is 0.487 e. The minimum absolute atomic E-state index is 0.203. The van der Waals surface area contributed by atoms with Crippen LogP contribution in [0.25, 0.3) is 0 Å². The third-order valence-electron chi connectivity index (χ3n) is 6.58. The molecule has 1 aliphatic heterocycles. The maximum absolute atomic E-state index is 11.7. The zero-order chi connectivity index (χ0) is 24.1. The lowest BCUT2D eigenvalue weighted by Crippen LogP contribution is -2.30. The first-order valence-corrected chi connectivity index (χ1v) is 11.4. The van der Waals surface area contributed by atoms with Gasteiger partial charge >= 0.3 is 5.97 Å².